The Morgan fingerprint density at radius 2 is 1.96 bits per heavy atom. The Kier molecular flexibility index (Phi) is 7.39. The molecule has 2 aromatic carbocycles. The van der Waals surface area contributed by atoms with Crippen LogP contribution in [0.3, 0.4) is 0 Å². The predicted octanol–water partition coefficient (Wildman–Crippen LogP) is 4.39. The summed E-state index contributed by atoms with van der Waals surface area (Å²) in [5.41, 5.74) is 2.96. The third-order valence-electron chi connectivity index (χ3n) is 3.48. The number of benzene rings is 2. The van der Waals surface area contributed by atoms with Crippen molar-refractivity contribution in [2.24, 2.45) is 0 Å². The molecule has 0 saturated carbocycles. The van der Waals surface area contributed by atoms with E-state index in [0.29, 0.717) is 0 Å². The molecule has 1 amide bonds. The lowest BCUT2D eigenvalue weighted by Gasteiger charge is -2.12. The SMILES string of the molecule is CCc1cc(I)ccc1NC(=S)NC(=O)/C=C/c1ccc(OC)cc1. The highest BCUT2D eigenvalue weighted by molar-refractivity contribution is 14.1. The van der Waals surface area contributed by atoms with Gasteiger partial charge < -0.3 is 10.1 Å². The highest BCUT2D eigenvalue weighted by Gasteiger charge is 2.05. The molecule has 0 aromatic heterocycles. The third-order valence-corrected chi connectivity index (χ3v) is 4.35. The van der Waals surface area contributed by atoms with Gasteiger partial charge in [0.1, 0.15) is 5.75 Å². The highest BCUT2D eigenvalue weighted by atomic mass is 127. The van der Waals surface area contributed by atoms with Crippen LogP contribution in [0.4, 0.5) is 5.69 Å². The maximum atomic E-state index is 12.0. The van der Waals surface area contributed by atoms with Crippen molar-refractivity contribution in [3.05, 3.63) is 63.2 Å². The van der Waals surface area contributed by atoms with E-state index in [1.165, 1.54) is 6.08 Å². The lowest BCUT2D eigenvalue weighted by molar-refractivity contribution is -0.115. The van der Waals surface area contributed by atoms with Crippen molar-refractivity contribution in [1.82, 2.24) is 5.32 Å². The van der Waals surface area contributed by atoms with Crippen LogP contribution in [0.25, 0.3) is 6.08 Å². The summed E-state index contributed by atoms with van der Waals surface area (Å²) in [4.78, 5) is 12.0. The third kappa shape index (κ3) is 6.13. The molecule has 0 unspecified atom stereocenters. The molecule has 25 heavy (non-hydrogen) atoms. The largest absolute Gasteiger partial charge is 0.497 e. The number of anilines is 1. The Labute approximate surface area is 166 Å². The Morgan fingerprint density at radius 3 is 2.60 bits per heavy atom. The molecule has 0 radical (unpaired) electrons. The van der Waals surface area contributed by atoms with Gasteiger partial charge in [-0.05, 0) is 88.8 Å². The van der Waals surface area contributed by atoms with Crippen LogP contribution < -0.4 is 15.4 Å². The molecule has 0 aliphatic heterocycles. The number of halogens is 1. The van der Waals surface area contributed by atoms with Gasteiger partial charge in [-0.1, -0.05) is 19.1 Å². The van der Waals surface area contributed by atoms with Gasteiger partial charge in [0.2, 0.25) is 5.91 Å². The Balaban J connectivity index is 1.93. The minimum absolute atomic E-state index is 0.278. The van der Waals surface area contributed by atoms with E-state index in [1.54, 1.807) is 13.2 Å². The molecule has 0 bridgehead atoms. The molecule has 0 saturated heterocycles. The summed E-state index contributed by atoms with van der Waals surface area (Å²) in [6, 6.07) is 13.5. The second kappa shape index (κ2) is 9.53. The number of amides is 1. The van der Waals surface area contributed by atoms with Crippen LogP contribution in [0.1, 0.15) is 18.1 Å². The molecule has 0 aliphatic carbocycles. The molecule has 4 nitrogen and oxygen atoms in total. The van der Waals surface area contributed by atoms with Gasteiger partial charge in [-0.25, -0.2) is 0 Å². The quantitative estimate of drug-likeness (QED) is 0.390. The Morgan fingerprint density at radius 1 is 1.24 bits per heavy atom. The van der Waals surface area contributed by atoms with E-state index in [0.717, 1.165) is 32.6 Å². The van der Waals surface area contributed by atoms with E-state index < -0.39 is 0 Å². The number of ether oxygens (including phenoxy) is 1. The minimum Gasteiger partial charge on any atom is -0.497 e. The fourth-order valence-electron chi connectivity index (χ4n) is 2.17. The Bertz CT molecular complexity index is 789. The summed E-state index contributed by atoms with van der Waals surface area (Å²) in [5.74, 6) is 0.494. The number of aryl methyl sites for hydroxylation is 1. The molecule has 0 aliphatic rings. The molecular weight excluding hydrogens is 447 g/mol. The monoisotopic (exact) mass is 466 g/mol. The van der Waals surface area contributed by atoms with Crippen LogP contribution in [0, 0.1) is 3.57 Å². The van der Waals surface area contributed by atoms with Crippen molar-refractivity contribution in [3.8, 4) is 5.75 Å². The van der Waals surface area contributed by atoms with Crippen molar-refractivity contribution < 1.29 is 9.53 Å². The molecule has 2 N–H and O–H groups in total. The van der Waals surface area contributed by atoms with E-state index >= 15 is 0 Å². The van der Waals surface area contributed by atoms with Gasteiger partial charge in [0.25, 0.3) is 0 Å². The topological polar surface area (TPSA) is 50.4 Å². The van der Waals surface area contributed by atoms with Gasteiger partial charge >= 0.3 is 0 Å². The normalized spacial score (nSPS) is 10.5. The van der Waals surface area contributed by atoms with Crippen LogP contribution in [0.5, 0.6) is 5.75 Å². The summed E-state index contributed by atoms with van der Waals surface area (Å²) >= 11 is 7.49. The first kappa shape index (κ1) is 19.4. The Hall–Kier alpha value is -1.93. The standard InChI is InChI=1S/C19H19IN2O2S/c1-3-14-12-15(20)7-10-17(14)21-19(25)22-18(23)11-6-13-4-8-16(24-2)9-5-13/h4-12H,3H2,1-2H3,(H2,21,22,23,25)/b11-6+. The number of rotatable bonds is 5. The number of carbonyl (C=O) groups is 1. The first-order chi connectivity index (χ1) is 12.0. The van der Waals surface area contributed by atoms with Crippen molar-refractivity contribution in [2.75, 3.05) is 12.4 Å². The van der Waals surface area contributed by atoms with Gasteiger partial charge in [-0.3, -0.25) is 10.1 Å². The van der Waals surface area contributed by atoms with Gasteiger partial charge in [-0.15, -0.1) is 0 Å². The summed E-state index contributed by atoms with van der Waals surface area (Å²) in [6.45, 7) is 2.08. The van der Waals surface area contributed by atoms with E-state index in [9.17, 15) is 4.79 Å². The second-order valence-electron chi connectivity index (χ2n) is 5.20. The second-order valence-corrected chi connectivity index (χ2v) is 6.86. The summed E-state index contributed by atoms with van der Waals surface area (Å²) < 4.78 is 6.27. The lowest BCUT2D eigenvalue weighted by atomic mass is 10.1. The molecule has 6 heteroatoms. The molecular formula is C19H19IN2O2S. The van der Waals surface area contributed by atoms with Crippen LogP contribution in [0.15, 0.2) is 48.5 Å². The zero-order chi connectivity index (χ0) is 18.2. The molecule has 0 heterocycles. The van der Waals surface area contributed by atoms with E-state index in [2.05, 4.69) is 46.2 Å². The van der Waals surface area contributed by atoms with Gasteiger partial charge in [0, 0.05) is 15.3 Å². The molecule has 2 aromatic rings. The van der Waals surface area contributed by atoms with Crippen LogP contribution in [0.2, 0.25) is 0 Å². The molecule has 0 spiro atoms. The maximum Gasteiger partial charge on any atom is 0.250 e. The number of thiocarbonyl (C=S) groups is 1. The van der Waals surface area contributed by atoms with E-state index in [-0.39, 0.29) is 11.0 Å². The number of hydrogen-bond acceptors (Lipinski definition) is 3. The van der Waals surface area contributed by atoms with Gasteiger partial charge in [0.05, 0.1) is 7.11 Å². The van der Waals surface area contributed by atoms with Crippen molar-refractivity contribution in [2.45, 2.75) is 13.3 Å². The number of methoxy groups -OCH3 is 1. The van der Waals surface area contributed by atoms with E-state index in [1.807, 2.05) is 36.4 Å². The number of hydrogen-bond donors (Lipinski definition) is 2. The van der Waals surface area contributed by atoms with Crippen LogP contribution in [-0.2, 0) is 11.2 Å². The fourth-order valence-corrected chi connectivity index (χ4v) is 2.94. The molecule has 0 fully saturated rings. The van der Waals surface area contributed by atoms with Crippen molar-refractivity contribution in [3.63, 3.8) is 0 Å². The zero-order valence-electron chi connectivity index (χ0n) is 14.0. The van der Waals surface area contributed by atoms with Crippen LogP contribution >= 0.6 is 34.8 Å². The average Bonchev–Trinajstić information content (AvgIpc) is 2.61. The van der Waals surface area contributed by atoms with Crippen molar-refractivity contribution in [1.29, 1.82) is 0 Å². The molecule has 2 rings (SSSR count). The minimum atomic E-state index is -0.281. The zero-order valence-corrected chi connectivity index (χ0v) is 17.0. The van der Waals surface area contributed by atoms with Crippen LogP contribution in [-0.4, -0.2) is 18.1 Å². The molecule has 130 valence electrons. The maximum absolute atomic E-state index is 12.0. The fraction of sp³-hybridized carbons (Fsp3) is 0.158. The van der Waals surface area contributed by atoms with Gasteiger partial charge in [-0.2, -0.15) is 0 Å². The number of nitrogens with one attached hydrogen (secondary N) is 2. The summed E-state index contributed by atoms with van der Waals surface area (Å²) in [7, 11) is 1.61. The average molecular weight is 466 g/mol. The first-order valence-electron chi connectivity index (χ1n) is 7.74. The summed E-state index contributed by atoms with van der Waals surface area (Å²) in [6.07, 6.45) is 4.05. The predicted molar refractivity (Wildman–Crippen MR) is 115 cm³/mol. The van der Waals surface area contributed by atoms with Crippen molar-refractivity contribution >= 4 is 57.6 Å². The van der Waals surface area contributed by atoms with Gasteiger partial charge in [0.15, 0.2) is 5.11 Å². The molecule has 0 atom stereocenters. The lowest BCUT2D eigenvalue weighted by Crippen LogP contribution is -2.33. The highest BCUT2D eigenvalue weighted by Crippen LogP contribution is 2.19. The smallest absolute Gasteiger partial charge is 0.250 e. The first-order valence-corrected chi connectivity index (χ1v) is 9.23. The van der Waals surface area contributed by atoms with E-state index in [4.69, 9.17) is 17.0 Å². The number of carbonyl (C=O) groups excluding carboxylic acids is 1. The summed E-state index contributed by atoms with van der Waals surface area (Å²) in [5, 5.41) is 6.01.